The minimum absolute atomic E-state index is 0.861. The summed E-state index contributed by atoms with van der Waals surface area (Å²) in [4.78, 5) is 4.74. The van der Waals surface area contributed by atoms with Crippen molar-refractivity contribution in [1.82, 2.24) is 0 Å². The van der Waals surface area contributed by atoms with E-state index < -0.39 is 8.07 Å². The maximum atomic E-state index is 6.71. The predicted molar refractivity (Wildman–Crippen MR) is 301 cm³/mol. The first-order valence-corrected chi connectivity index (χ1v) is 27.4. The zero-order valence-corrected chi connectivity index (χ0v) is 40.3. The Balaban J connectivity index is 0.892. The molecule has 1 aliphatic heterocycles. The molecule has 0 atom stereocenters. The number of anilines is 6. The van der Waals surface area contributed by atoms with Crippen molar-refractivity contribution in [3.05, 3.63) is 243 Å². The second kappa shape index (κ2) is 16.1. The van der Waals surface area contributed by atoms with Crippen molar-refractivity contribution in [2.45, 2.75) is 13.1 Å². The summed E-state index contributed by atoms with van der Waals surface area (Å²) in [6.45, 7) is 5.04. The van der Waals surface area contributed by atoms with Gasteiger partial charge in [-0.25, -0.2) is 0 Å². The van der Waals surface area contributed by atoms with E-state index in [1.54, 1.807) is 0 Å². The Morgan fingerprint density at radius 3 is 1.51 bits per heavy atom. The zero-order chi connectivity index (χ0) is 47.2. The molecule has 0 saturated carbocycles. The number of fused-ring (bicyclic) bond motifs is 8. The number of hydrogen-bond donors (Lipinski definition) is 0. The van der Waals surface area contributed by atoms with Crippen molar-refractivity contribution < 1.29 is 8.83 Å². The predicted octanol–water partition coefficient (Wildman–Crippen LogP) is 17.7. The van der Waals surface area contributed by atoms with Gasteiger partial charge in [0, 0.05) is 44.2 Å². The van der Waals surface area contributed by atoms with Crippen molar-refractivity contribution in [3.63, 3.8) is 0 Å². The van der Waals surface area contributed by atoms with Gasteiger partial charge in [0.25, 0.3) is 0 Å². The van der Waals surface area contributed by atoms with Gasteiger partial charge in [0.05, 0.1) is 17.1 Å². The lowest BCUT2D eigenvalue weighted by atomic mass is 9.91. The third-order valence-corrected chi connectivity index (χ3v) is 18.4. The quantitative estimate of drug-likeness (QED) is 0.142. The molecule has 3 heterocycles. The maximum Gasteiger partial charge on any atom is 0.159 e. The van der Waals surface area contributed by atoms with Gasteiger partial charge in [-0.3, -0.25) is 0 Å². The Kier molecular flexibility index (Phi) is 9.32. The van der Waals surface area contributed by atoms with Crippen LogP contribution in [-0.2, 0) is 0 Å². The Bertz CT molecular complexity index is 4210. The fourth-order valence-corrected chi connectivity index (χ4v) is 14.6. The summed E-state index contributed by atoms with van der Waals surface area (Å²) in [5.41, 5.74) is 17.2. The van der Waals surface area contributed by atoms with Crippen LogP contribution in [0.2, 0.25) is 13.1 Å². The first kappa shape index (κ1) is 41.1. The molecule has 13 aromatic rings. The highest BCUT2D eigenvalue weighted by molar-refractivity contribution is 7.03. The van der Waals surface area contributed by atoms with Gasteiger partial charge in [-0.05, 0) is 116 Å². The average molecular weight is 927 g/mol. The van der Waals surface area contributed by atoms with Crippen LogP contribution in [-0.4, -0.2) is 8.07 Å². The van der Waals surface area contributed by atoms with Gasteiger partial charge < -0.3 is 18.6 Å². The Morgan fingerprint density at radius 2 is 0.803 bits per heavy atom. The number of nitrogens with zero attached hydrogens (tertiary/aromatic N) is 2. The van der Waals surface area contributed by atoms with Crippen molar-refractivity contribution >= 4 is 107 Å². The first-order chi connectivity index (χ1) is 35.0. The Hall–Kier alpha value is -8.90. The van der Waals surface area contributed by atoms with E-state index in [0.29, 0.717) is 0 Å². The lowest BCUT2D eigenvalue weighted by molar-refractivity contribution is 0.668. The summed E-state index contributed by atoms with van der Waals surface area (Å²) in [5.74, 6) is 0. The number of benzene rings is 11. The summed E-state index contributed by atoms with van der Waals surface area (Å²) < 4.78 is 13.4. The molecule has 14 rings (SSSR count). The van der Waals surface area contributed by atoms with E-state index in [4.69, 9.17) is 8.83 Å². The number of furan rings is 2. The number of hydrogen-bond acceptors (Lipinski definition) is 4. The lowest BCUT2D eigenvalue weighted by Gasteiger charge is -2.35. The standard InChI is InChI=1S/C66H46N2O2Si/c1-71(2)62-33-17-25-53-48(40-41-54(64(53)62)52-39-38-47(42-63(52)71)67(45-20-7-4-8-21-45)58-29-15-26-55-50-23-10-13-31-60(50)69-65(55)58)44-34-36-46(37-35-44)68(57-28-12-9-22-49(57)43-18-5-3-6-19-43)59-30-16-27-56-51-24-11-14-32-61(51)70-66(56)59/h3-42H,1-2H3. The molecule has 0 spiro atoms. The Labute approximate surface area is 412 Å². The van der Waals surface area contributed by atoms with Gasteiger partial charge in [-0.2, -0.15) is 0 Å². The summed E-state index contributed by atoms with van der Waals surface area (Å²) in [5, 5.41) is 9.99. The fourth-order valence-electron chi connectivity index (χ4n) is 11.5. The average Bonchev–Trinajstić information content (AvgIpc) is 4.01. The van der Waals surface area contributed by atoms with Crippen molar-refractivity contribution in [3.8, 4) is 33.4 Å². The van der Waals surface area contributed by atoms with Gasteiger partial charge in [0.2, 0.25) is 0 Å². The van der Waals surface area contributed by atoms with Crippen molar-refractivity contribution in [1.29, 1.82) is 0 Å². The van der Waals surface area contributed by atoms with Crippen LogP contribution in [0, 0.1) is 0 Å². The Morgan fingerprint density at radius 1 is 0.310 bits per heavy atom. The molecule has 11 aromatic carbocycles. The summed E-state index contributed by atoms with van der Waals surface area (Å²) in [6.07, 6.45) is 0. The largest absolute Gasteiger partial charge is 0.454 e. The number of para-hydroxylation sites is 6. The van der Waals surface area contributed by atoms with E-state index in [1.165, 1.54) is 43.4 Å². The normalized spacial score (nSPS) is 12.8. The minimum atomic E-state index is -2.28. The summed E-state index contributed by atoms with van der Waals surface area (Å²) >= 11 is 0. The second-order valence-corrected chi connectivity index (χ2v) is 23.5. The van der Waals surface area contributed by atoms with Crippen LogP contribution in [0.4, 0.5) is 34.1 Å². The van der Waals surface area contributed by atoms with E-state index in [1.807, 2.05) is 12.1 Å². The molecule has 0 radical (unpaired) electrons. The summed E-state index contributed by atoms with van der Waals surface area (Å²) in [6, 6.07) is 87.7. The highest BCUT2D eigenvalue weighted by Crippen LogP contribution is 2.48. The SMILES string of the molecule is C[Si]1(C)c2cc(N(c3ccccc3)c3cccc4c3oc3ccccc34)ccc2-c2ccc(-c3ccc(N(c4ccccc4-c4ccccc4)c4cccc5c4oc4ccccc45)cc3)c3cccc1c23. The van der Waals surface area contributed by atoms with E-state index in [9.17, 15) is 0 Å². The molecule has 2 aromatic heterocycles. The smallest absolute Gasteiger partial charge is 0.159 e. The van der Waals surface area contributed by atoms with E-state index in [-0.39, 0.29) is 0 Å². The molecule has 71 heavy (non-hydrogen) atoms. The highest BCUT2D eigenvalue weighted by Gasteiger charge is 2.37. The molecule has 5 heteroatoms. The van der Waals surface area contributed by atoms with Gasteiger partial charge in [-0.1, -0.05) is 189 Å². The monoisotopic (exact) mass is 926 g/mol. The van der Waals surface area contributed by atoms with Crippen LogP contribution in [0.3, 0.4) is 0 Å². The minimum Gasteiger partial charge on any atom is -0.454 e. The molecule has 0 amide bonds. The second-order valence-electron chi connectivity index (χ2n) is 19.2. The van der Waals surface area contributed by atoms with Crippen LogP contribution in [0.1, 0.15) is 0 Å². The fraction of sp³-hybridized carbons (Fsp3) is 0.0303. The topological polar surface area (TPSA) is 32.8 Å². The van der Waals surface area contributed by atoms with Crippen LogP contribution in [0.5, 0.6) is 0 Å². The summed E-state index contributed by atoms with van der Waals surface area (Å²) in [7, 11) is -2.28. The molecular formula is C66H46N2O2Si. The van der Waals surface area contributed by atoms with Crippen LogP contribution < -0.4 is 20.2 Å². The third kappa shape index (κ3) is 6.43. The van der Waals surface area contributed by atoms with Crippen molar-refractivity contribution in [2.24, 2.45) is 0 Å². The molecule has 0 fully saturated rings. The molecule has 0 aliphatic carbocycles. The number of rotatable bonds is 8. The van der Waals surface area contributed by atoms with E-state index >= 15 is 0 Å². The van der Waals surface area contributed by atoms with Gasteiger partial charge in [0.15, 0.2) is 11.2 Å². The molecule has 4 nitrogen and oxygen atoms in total. The lowest BCUT2D eigenvalue weighted by Crippen LogP contribution is -2.56. The van der Waals surface area contributed by atoms with Crippen LogP contribution in [0.15, 0.2) is 251 Å². The third-order valence-electron chi connectivity index (χ3n) is 14.9. The van der Waals surface area contributed by atoms with Gasteiger partial charge >= 0.3 is 0 Å². The van der Waals surface area contributed by atoms with Gasteiger partial charge in [0.1, 0.15) is 19.2 Å². The van der Waals surface area contributed by atoms with Crippen LogP contribution in [0.25, 0.3) is 88.0 Å². The molecule has 1 aliphatic rings. The highest BCUT2D eigenvalue weighted by atomic mass is 28.3. The molecule has 0 saturated heterocycles. The maximum absolute atomic E-state index is 6.71. The zero-order valence-electron chi connectivity index (χ0n) is 39.3. The van der Waals surface area contributed by atoms with Crippen molar-refractivity contribution in [2.75, 3.05) is 9.80 Å². The van der Waals surface area contributed by atoms with E-state index in [2.05, 4.69) is 253 Å². The van der Waals surface area contributed by atoms with Gasteiger partial charge in [-0.15, -0.1) is 0 Å². The van der Waals surface area contributed by atoms with E-state index in [0.717, 1.165) is 89.1 Å². The molecular weight excluding hydrogens is 881 g/mol. The first-order valence-electron chi connectivity index (χ1n) is 24.4. The molecule has 336 valence electrons. The van der Waals surface area contributed by atoms with Crippen LogP contribution >= 0.6 is 0 Å². The molecule has 0 unspecified atom stereocenters. The molecule has 0 bridgehead atoms. The molecule has 0 N–H and O–H groups in total.